The third-order valence-corrected chi connectivity index (χ3v) is 2.41. The summed E-state index contributed by atoms with van der Waals surface area (Å²) in [6.07, 6.45) is 0. The van der Waals surface area contributed by atoms with Crippen LogP contribution in [0.15, 0.2) is 42.5 Å². The zero-order chi connectivity index (χ0) is 12.4. The Morgan fingerprint density at radius 1 is 0.842 bits per heavy atom. The van der Waals surface area contributed by atoms with Crippen LogP contribution in [0.2, 0.25) is 0 Å². The van der Waals surface area contributed by atoms with Gasteiger partial charge in [0.15, 0.2) is 0 Å². The Morgan fingerprint density at radius 2 is 1.47 bits per heavy atom. The van der Waals surface area contributed by atoms with Crippen molar-refractivity contribution in [3.8, 4) is 11.1 Å². The van der Waals surface area contributed by atoms with Crippen molar-refractivity contribution in [1.82, 2.24) is 0 Å². The molecule has 7 heteroatoms. The summed E-state index contributed by atoms with van der Waals surface area (Å²) in [7, 11) is -2.35. The number of rotatable bonds is 2. The molecule has 0 amide bonds. The first-order valence-electron chi connectivity index (χ1n) is 4.95. The first kappa shape index (κ1) is 19.3. The van der Waals surface area contributed by atoms with E-state index in [9.17, 15) is 18.8 Å². The SMILES string of the molecule is [Na+].[Na+].[O-]B([O-])c1ccc(-c2cccc(F)c2)cc1F. The summed E-state index contributed by atoms with van der Waals surface area (Å²) in [4.78, 5) is 0. The molecule has 0 unspecified atom stereocenters. The Labute approximate surface area is 154 Å². The minimum atomic E-state index is -2.35. The van der Waals surface area contributed by atoms with Crippen molar-refractivity contribution in [2.45, 2.75) is 0 Å². The second-order valence-electron chi connectivity index (χ2n) is 3.58. The molecule has 0 saturated heterocycles. The molecule has 0 heterocycles. The molecule has 0 bridgehead atoms. The molecule has 2 aromatic rings. The fourth-order valence-electron chi connectivity index (χ4n) is 1.57. The van der Waals surface area contributed by atoms with Gasteiger partial charge in [-0.15, -0.1) is 0 Å². The molecule has 0 fully saturated rings. The molecule has 0 aromatic heterocycles. The van der Waals surface area contributed by atoms with Crippen molar-refractivity contribution in [3.63, 3.8) is 0 Å². The summed E-state index contributed by atoms with van der Waals surface area (Å²) in [5.41, 5.74) is 0.486. The quantitative estimate of drug-likeness (QED) is 0.514. The second-order valence-corrected chi connectivity index (χ2v) is 3.58. The van der Waals surface area contributed by atoms with Gasteiger partial charge in [-0.2, -0.15) is 0 Å². The van der Waals surface area contributed by atoms with Gasteiger partial charge in [0.25, 0.3) is 0 Å². The first-order chi connectivity index (χ1) is 8.08. The van der Waals surface area contributed by atoms with Crippen molar-refractivity contribution < 1.29 is 77.9 Å². The average Bonchev–Trinajstić information content (AvgIpc) is 2.28. The van der Waals surface area contributed by atoms with E-state index in [0.29, 0.717) is 11.1 Å². The number of benzene rings is 2. The Hall–Kier alpha value is 0.285. The van der Waals surface area contributed by atoms with Gasteiger partial charge in [0, 0.05) is 0 Å². The minimum Gasteiger partial charge on any atom is -0.889 e. The van der Waals surface area contributed by atoms with Gasteiger partial charge in [-0.1, -0.05) is 36.8 Å². The molecule has 2 nitrogen and oxygen atoms in total. The van der Waals surface area contributed by atoms with Crippen LogP contribution in [-0.2, 0) is 0 Å². The molecule has 0 aliphatic heterocycles. The normalized spacial score (nSPS) is 9.26. The van der Waals surface area contributed by atoms with Crippen LogP contribution in [0.4, 0.5) is 8.78 Å². The molecule has 0 N–H and O–H groups in total. The summed E-state index contributed by atoms with van der Waals surface area (Å²) in [6.45, 7) is 0. The van der Waals surface area contributed by atoms with Gasteiger partial charge in [-0.25, -0.2) is 8.78 Å². The second kappa shape index (κ2) is 8.54. The van der Waals surface area contributed by atoms with Crippen LogP contribution in [-0.4, -0.2) is 7.12 Å². The zero-order valence-electron chi connectivity index (χ0n) is 10.7. The molecule has 86 valence electrons. The van der Waals surface area contributed by atoms with Crippen LogP contribution in [0.5, 0.6) is 0 Å². The van der Waals surface area contributed by atoms with E-state index >= 15 is 0 Å². The molecular formula is C12H7BF2Na2O2. The monoisotopic (exact) mass is 278 g/mol. The summed E-state index contributed by atoms with van der Waals surface area (Å²) in [6, 6.07) is 9.27. The number of hydrogen-bond donors (Lipinski definition) is 0. The van der Waals surface area contributed by atoms with Crippen LogP contribution in [0.25, 0.3) is 11.1 Å². The van der Waals surface area contributed by atoms with Gasteiger partial charge in [-0.3, -0.25) is 0 Å². The summed E-state index contributed by atoms with van der Waals surface area (Å²) in [5, 5.41) is 21.2. The van der Waals surface area contributed by atoms with Crippen LogP contribution >= 0.6 is 0 Å². The van der Waals surface area contributed by atoms with Crippen molar-refractivity contribution >= 4 is 12.6 Å². The van der Waals surface area contributed by atoms with Crippen LogP contribution in [0.1, 0.15) is 0 Å². The van der Waals surface area contributed by atoms with E-state index in [0.717, 1.165) is 12.1 Å². The molecule has 2 aromatic carbocycles. The maximum Gasteiger partial charge on any atom is 1.00 e. The van der Waals surface area contributed by atoms with E-state index in [-0.39, 0.29) is 59.1 Å². The Bertz CT molecular complexity index is 553. The van der Waals surface area contributed by atoms with Gasteiger partial charge < -0.3 is 10.0 Å². The standard InChI is InChI=1S/C12H7BF2O2.2Na/c14-10-3-1-2-8(6-10)9-4-5-11(13(16)17)12(15)7-9;;/h1-7H;;/q-2;2*+1. The summed E-state index contributed by atoms with van der Waals surface area (Å²) < 4.78 is 26.4. The molecule has 0 aliphatic carbocycles. The summed E-state index contributed by atoms with van der Waals surface area (Å²) >= 11 is 0. The van der Waals surface area contributed by atoms with Crippen molar-refractivity contribution in [3.05, 3.63) is 54.1 Å². The van der Waals surface area contributed by atoms with Gasteiger partial charge >= 0.3 is 59.1 Å². The smallest absolute Gasteiger partial charge is 0.889 e. The Balaban J connectivity index is 0.00000162. The first-order valence-corrected chi connectivity index (χ1v) is 4.95. The third kappa shape index (κ3) is 4.95. The maximum atomic E-state index is 13.4. The summed E-state index contributed by atoms with van der Waals surface area (Å²) in [5.74, 6) is -1.29. The Kier molecular flexibility index (Phi) is 8.67. The van der Waals surface area contributed by atoms with Gasteiger partial charge in [0.05, 0.1) is 0 Å². The van der Waals surface area contributed by atoms with Crippen LogP contribution < -0.4 is 74.6 Å². The van der Waals surface area contributed by atoms with Gasteiger partial charge in [0.1, 0.15) is 11.6 Å². The van der Waals surface area contributed by atoms with Crippen molar-refractivity contribution in [2.24, 2.45) is 0 Å². The van der Waals surface area contributed by atoms with Crippen LogP contribution in [0, 0.1) is 11.6 Å². The fourth-order valence-corrected chi connectivity index (χ4v) is 1.57. The molecule has 0 spiro atoms. The zero-order valence-corrected chi connectivity index (χ0v) is 14.7. The van der Waals surface area contributed by atoms with E-state index in [4.69, 9.17) is 0 Å². The molecule has 19 heavy (non-hydrogen) atoms. The molecule has 0 saturated carbocycles. The fraction of sp³-hybridized carbons (Fsp3) is 0. The topological polar surface area (TPSA) is 46.1 Å². The van der Waals surface area contributed by atoms with Crippen molar-refractivity contribution in [2.75, 3.05) is 0 Å². The minimum absolute atomic E-state index is 0. The predicted molar refractivity (Wildman–Crippen MR) is 57.2 cm³/mol. The third-order valence-electron chi connectivity index (χ3n) is 2.41. The molecule has 0 atom stereocenters. The Morgan fingerprint density at radius 3 is 2.00 bits per heavy atom. The van der Waals surface area contributed by atoms with E-state index in [1.54, 1.807) is 6.07 Å². The van der Waals surface area contributed by atoms with Gasteiger partial charge in [-0.05, 0) is 29.3 Å². The molecular weight excluding hydrogens is 271 g/mol. The van der Waals surface area contributed by atoms with E-state index in [1.165, 1.54) is 24.3 Å². The van der Waals surface area contributed by atoms with Gasteiger partial charge in [0.2, 0.25) is 0 Å². The number of hydrogen-bond acceptors (Lipinski definition) is 2. The number of halogens is 2. The van der Waals surface area contributed by atoms with E-state index in [2.05, 4.69) is 0 Å². The van der Waals surface area contributed by atoms with Crippen molar-refractivity contribution in [1.29, 1.82) is 0 Å². The molecule has 0 radical (unpaired) electrons. The average molecular weight is 278 g/mol. The van der Waals surface area contributed by atoms with E-state index in [1.807, 2.05) is 0 Å². The van der Waals surface area contributed by atoms with Crippen LogP contribution in [0.3, 0.4) is 0 Å². The van der Waals surface area contributed by atoms with E-state index < -0.39 is 24.2 Å². The largest absolute Gasteiger partial charge is 1.00 e. The maximum absolute atomic E-state index is 13.4. The molecule has 0 aliphatic rings. The molecule has 2 rings (SSSR count). The predicted octanol–water partition coefficient (Wildman–Crippen LogP) is -5.94.